The Labute approximate surface area is 86.1 Å². The highest BCUT2D eigenvalue weighted by molar-refractivity contribution is 5.49. The van der Waals surface area contributed by atoms with Gasteiger partial charge in [-0.25, -0.2) is 0 Å². The van der Waals surface area contributed by atoms with Gasteiger partial charge in [-0.15, -0.1) is 0 Å². The molecule has 0 amide bonds. The van der Waals surface area contributed by atoms with E-state index >= 15 is 0 Å². The van der Waals surface area contributed by atoms with Gasteiger partial charge in [0, 0.05) is 12.8 Å². The van der Waals surface area contributed by atoms with Gasteiger partial charge in [-0.2, -0.15) is 13.9 Å². The van der Waals surface area contributed by atoms with Crippen molar-refractivity contribution in [3.8, 4) is 0 Å². The van der Waals surface area contributed by atoms with Crippen LogP contribution < -0.4 is 0 Å². The highest BCUT2D eigenvalue weighted by atomic mass is 19.3. The summed E-state index contributed by atoms with van der Waals surface area (Å²) in [6.45, 7) is 0.716. The number of carbonyl (C=O) groups is 1. The summed E-state index contributed by atoms with van der Waals surface area (Å²) in [5.41, 5.74) is 0.518. The number of nitrogens with zero attached hydrogens (tertiary/aromatic N) is 2. The van der Waals surface area contributed by atoms with Crippen molar-refractivity contribution in [2.45, 2.75) is 38.2 Å². The summed E-state index contributed by atoms with van der Waals surface area (Å²) in [6.07, 6.45) is 2.60. The number of aromatic nitrogens is 2. The van der Waals surface area contributed by atoms with Crippen LogP contribution in [0.25, 0.3) is 0 Å². The van der Waals surface area contributed by atoms with Crippen molar-refractivity contribution < 1.29 is 13.6 Å². The van der Waals surface area contributed by atoms with Gasteiger partial charge in [-0.3, -0.25) is 4.68 Å². The molecule has 0 aliphatic heterocycles. The van der Waals surface area contributed by atoms with Gasteiger partial charge in [0.1, 0.15) is 12.0 Å². The molecule has 15 heavy (non-hydrogen) atoms. The summed E-state index contributed by atoms with van der Waals surface area (Å²) < 4.78 is 27.4. The van der Waals surface area contributed by atoms with E-state index < -0.39 is 5.92 Å². The summed E-state index contributed by atoms with van der Waals surface area (Å²) in [4.78, 5) is 10.3. The lowest BCUT2D eigenvalue weighted by Crippen LogP contribution is -2.16. The first kappa shape index (κ1) is 10.3. The number of halogens is 2. The molecule has 1 heterocycles. The van der Waals surface area contributed by atoms with Crippen LogP contribution in [-0.4, -0.2) is 16.1 Å². The van der Waals surface area contributed by atoms with Crippen LogP contribution in [0.5, 0.6) is 0 Å². The SMILES string of the molecule is CC(F)(F)c1cc(C2CC2)nn1CC=O. The lowest BCUT2D eigenvalue weighted by atomic mass is 10.2. The van der Waals surface area contributed by atoms with Gasteiger partial charge in [0.05, 0.1) is 12.2 Å². The Morgan fingerprint density at radius 3 is 2.80 bits per heavy atom. The molecule has 82 valence electrons. The molecule has 0 unspecified atom stereocenters. The van der Waals surface area contributed by atoms with Crippen LogP contribution in [0.3, 0.4) is 0 Å². The Bertz CT molecular complexity index is 377. The van der Waals surface area contributed by atoms with Crippen molar-refractivity contribution in [2.24, 2.45) is 0 Å². The predicted octanol–water partition coefficient (Wildman–Crippen LogP) is 2.07. The van der Waals surface area contributed by atoms with E-state index in [0.717, 1.165) is 24.4 Å². The number of alkyl halides is 2. The quantitative estimate of drug-likeness (QED) is 0.719. The lowest BCUT2D eigenvalue weighted by molar-refractivity contribution is -0.108. The maximum absolute atomic E-state index is 13.2. The molecule has 3 nitrogen and oxygen atoms in total. The van der Waals surface area contributed by atoms with Gasteiger partial charge in [-0.1, -0.05) is 0 Å². The fourth-order valence-corrected chi connectivity index (χ4v) is 1.58. The topological polar surface area (TPSA) is 34.9 Å². The molecule has 0 aromatic carbocycles. The monoisotopic (exact) mass is 214 g/mol. The van der Waals surface area contributed by atoms with E-state index in [9.17, 15) is 13.6 Å². The summed E-state index contributed by atoms with van der Waals surface area (Å²) >= 11 is 0. The third-order valence-corrected chi connectivity index (χ3v) is 2.49. The molecule has 1 aliphatic carbocycles. The van der Waals surface area contributed by atoms with Crippen molar-refractivity contribution in [3.63, 3.8) is 0 Å². The van der Waals surface area contributed by atoms with Crippen LogP contribution >= 0.6 is 0 Å². The smallest absolute Gasteiger partial charge is 0.286 e. The molecule has 0 spiro atoms. The van der Waals surface area contributed by atoms with Crippen molar-refractivity contribution in [1.82, 2.24) is 9.78 Å². The van der Waals surface area contributed by atoms with E-state index in [2.05, 4.69) is 5.10 Å². The van der Waals surface area contributed by atoms with Crippen LogP contribution in [0, 0.1) is 0 Å². The molecule has 2 rings (SSSR count). The summed E-state index contributed by atoms with van der Waals surface area (Å²) in [7, 11) is 0. The fourth-order valence-electron chi connectivity index (χ4n) is 1.58. The fraction of sp³-hybridized carbons (Fsp3) is 0.600. The molecule has 1 aromatic rings. The molecule has 0 bridgehead atoms. The van der Waals surface area contributed by atoms with E-state index in [1.54, 1.807) is 0 Å². The van der Waals surface area contributed by atoms with Gasteiger partial charge in [-0.05, 0) is 18.9 Å². The molecule has 5 heteroatoms. The highest BCUT2D eigenvalue weighted by Crippen LogP contribution is 2.41. The van der Waals surface area contributed by atoms with E-state index in [1.807, 2.05) is 0 Å². The molecular formula is C10H12F2N2O. The van der Waals surface area contributed by atoms with Crippen LogP contribution in [0.1, 0.15) is 37.1 Å². The van der Waals surface area contributed by atoms with E-state index in [4.69, 9.17) is 0 Å². The van der Waals surface area contributed by atoms with E-state index in [-0.39, 0.29) is 12.2 Å². The van der Waals surface area contributed by atoms with Gasteiger partial charge in [0.2, 0.25) is 0 Å². The predicted molar refractivity (Wildman–Crippen MR) is 49.8 cm³/mol. The molecule has 1 fully saturated rings. The summed E-state index contributed by atoms with van der Waals surface area (Å²) in [5.74, 6) is -2.62. The molecular weight excluding hydrogens is 202 g/mol. The van der Waals surface area contributed by atoms with Crippen LogP contribution in [0.4, 0.5) is 8.78 Å². The van der Waals surface area contributed by atoms with Gasteiger partial charge < -0.3 is 4.79 Å². The molecule has 1 saturated carbocycles. The van der Waals surface area contributed by atoms with Crippen molar-refractivity contribution >= 4 is 6.29 Å². The lowest BCUT2D eigenvalue weighted by Gasteiger charge is -2.10. The molecule has 0 saturated heterocycles. The maximum Gasteiger partial charge on any atom is 0.286 e. The average molecular weight is 214 g/mol. The number of rotatable bonds is 4. The Morgan fingerprint density at radius 1 is 1.67 bits per heavy atom. The number of hydrogen-bond donors (Lipinski definition) is 0. The number of aldehydes is 1. The summed E-state index contributed by atoms with van der Waals surface area (Å²) in [6, 6.07) is 1.42. The minimum atomic E-state index is -2.94. The number of hydrogen-bond acceptors (Lipinski definition) is 2. The van der Waals surface area contributed by atoms with E-state index in [1.165, 1.54) is 6.07 Å². The standard InChI is InChI=1S/C10H12F2N2O/c1-10(11,12)9-6-8(7-2-3-7)13-14(9)4-5-15/h5-7H,2-4H2,1H3. The Hall–Kier alpha value is -1.26. The zero-order chi connectivity index (χ0) is 11.1. The second-order valence-electron chi connectivity index (χ2n) is 3.97. The largest absolute Gasteiger partial charge is 0.301 e. The average Bonchev–Trinajstić information content (AvgIpc) is 2.87. The third kappa shape index (κ3) is 2.06. The molecule has 0 N–H and O–H groups in total. The number of carbonyl (C=O) groups excluding carboxylic acids is 1. The van der Waals surface area contributed by atoms with Crippen LogP contribution in [-0.2, 0) is 17.3 Å². The normalized spacial score (nSPS) is 16.7. The first-order chi connectivity index (χ1) is 7.02. The summed E-state index contributed by atoms with van der Waals surface area (Å²) in [5, 5.41) is 4.03. The zero-order valence-electron chi connectivity index (χ0n) is 8.41. The molecule has 0 radical (unpaired) electrons. The van der Waals surface area contributed by atoms with Crippen molar-refractivity contribution in [2.75, 3.05) is 0 Å². The molecule has 1 aromatic heterocycles. The first-order valence-electron chi connectivity index (χ1n) is 4.92. The van der Waals surface area contributed by atoms with Gasteiger partial charge >= 0.3 is 0 Å². The van der Waals surface area contributed by atoms with Crippen LogP contribution in [0.15, 0.2) is 6.07 Å². The Balaban J connectivity index is 2.36. The van der Waals surface area contributed by atoms with E-state index in [0.29, 0.717) is 17.9 Å². The highest BCUT2D eigenvalue weighted by Gasteiger charge is 2.34. The first-order valence-corrected chi connectivity index (χ1v) is 4.92. The minimum Gasteiger partial charge on any atom is -0.301 e. The maximum atomic E-state index is 13.2. The molecule has 1 aliphatic rings. The minimum absolute atomic E-state index is 0.106. The second-order valence-corrected chi connectivity index (χ2v) is 3.97. The third-order valence-electron chi connectivity index (χ3n) is 2.49. The van der Waals surface area contributed by atoms with Crippen molar-refractivity contribution in [1.29, 1.82) is 0 Å². The van der Waals surface area contributed by atoms with Gasteiger partial charge in [0.15, 0.2) is 0 Å². The van der Waals surface area contributed by atoms with Crippen LogP contribution in [0.2, 0.25) is 0 Å². The zero-order valence-corrected chi connectivity index (χ0v) is 8.41. The Morgan fingerprint density at radius 2 is 2.33 bits per heavy atom. The second kappa shape index (κ2) is 3.40. The van der Waals surface area contributed by atoms with Crippen molar-refractivity contribution in [3.05, 3.63) is 17.5 Å². The van der Waals surface area contributed by atoms with Gasteiger partial charge in [0.25, 0.3) is 5.92 Å². The Kier molecular flexibility index (Phi) is 2.32. The molecule has 0 atom stereocenters.